The zero-order chi connectivity index (χ0) is 21.5. The maximum atomic E-state index is 13.4. The molecule has 4 heterocycles. The van der Waals surface area contributed by atoms with E-state index in [0.29, 0.717) is 32.1 Å². The van der Waals surface area contributed by atoms with Crippen molar-refractivity contribution >= 4 is 34.7 Å². The molecular formula is C22H18N2O5S2. The molecule has 1 unspecified atom stereocenters. The molecule has 7 nitrogen and oxygen atoms in total. The molecule has 31 heavy (non-hydrogen) atoms. The zero-order valence-corrected chi connectivity index (χ0v) is 18.4. The molecule has 2 aliphatic heterocycles. The van der Waals surface area contributed by atoms with Gasteiger partial charge < -0.3 is 14.2 Å². The van der Waals surface area contributed by atoms with Gasteiger partial charge in [0.2, 0.25) is 6.79 Å². The van der Waals surface area contributed by atoms with Crippen molar-refractivity contribution in [3.63, 3.8) is 0 Å². The van der Waals surface area contributed by atoms with Gasteiger partial charge in [0, 0.05) is 4.88 Å². The fourth-order valence-electron chi connectivity index (χ4n) is 3.69. The third-order valence-corrected chi connectivity index (χ3v) is 6.85. The molecule has 0 fully saturated rings. The molecule has 3 aromatic rings. The largest absolute Gasteiger partial charge is 0.463 e. The Hall–Kier alpha value is -3.17. The summed E-state index contributed by atoms with van der Waals surface area (Å²) in [5, 5.41) is 1.96. The van der Waals surface area contributed by atoms with Crippen molar-refractivity contribution in [2.45, 2.75) is 19.9 Å². The fourth-order valence-corrected chi connectivity index (χ4v) is 5.46. The van der Waals surface area contributed by atoms with Crippen LogP contribution in [0.4, 0.5) is 0 Å². The number of carbonyl (C=O) groups excluding carboxylic acids is 1. The number of thiophene rings is 1. The standard InChI is InChI=1S/C22H18N2O5S2/c1-3-27-21(26)18-12(2)23-22-24(20(25)17(31-22)10-14-5-4-8-30-14)19(18)13-6-7-15-16(9-13)29-11-28-15/h4-10,19H,3,11H2,1-2H3. The van der Waals surface area contributed by atoms with Crippen LogP contribution in [0, 0.1) is 0 Å². The van der Waals surface area contributed by atoms with E-state index in [2.05, 4.69) is 4.99 Å². The molecule has 1 aromatic carbocycles. The van der Waals surface area contributed by atoms with Gasteiger partial charge in [-0.2, -0.15) is 0 Å². The molecule has 2 aromatic heterocycles. The normalized spacial score (nSPS) is 17.5. The molecule has 158 valence electrons. The van der Waals surface area contributed by atoms with E-state index in [1.165, 1.54) is 11.3 Å². The lowest BCUT2D eigenvalue weighted by Crippen LogP contribution is -2.39. The average Bonchev–Trinajstić information content (AvgIpc) is 3.48. The molecule has 0 radical (unpaired) electrons. The quantitative estimate of drug-likeness (QED) is 0.567. The Bertz CT molecular complexity index is 1380. The number of ether oxygens (including phenoxy) is 3. The Balaban J connectivity index is 1.74. The average molecular weight is 455 g/mol. The van der Waals surface area contributed by atoms with E-state index in [9.17, 15) is 9.59 Å². The first kappa shape index (κ1) is 19.8. The Morgan fingerprint density at radius 1 is 1.32 bits per heavy atom. The van der Waals surface area contributed by atoms with E-state index < -0.39 is 12.0 Å². The number of benzene rings is 1. The highest BCUT2D eigenvalue weighted by molar-refractivity contribution is 7.11. The Morgan fingerprint density at radius 3 is 2.94 bits per heavy atom. The van der Waals surface area contributed by atoms with Crippen molar-refractivity contribution in [1.82, 2.24) is 4.57 Å². The first-order valence-electron chi connectivity index (χ1n) is 9.69. The third kappa shape index (κ3) is 3.39. The van der Waals surface area contributed by atoms with E-state index in [1.807, 2.05) is 29.7 Å². The molecule has 1 atom stereocenters. The predicted molar refractivity (Wildman–Crippen MR) is 117 cm³/mol. The van der Waals surface area contributed by atoms with Gasteiger partial charge in [0.05, 0.1) is 28.5 Å². The number of fused-ring (bicyclic) bond motifs is 2. The molecule has 0 N–H and O–H groups in total. The number of hydrogen-bond acceptors (Lipinski definition) is 8. The predicted octanol–water partition coefficient (Wildman–Crippen LogP) is 2.59. The number of nitrogens with zero attached hydrogens (tertiary/aromatic N) is 2. The van der Waals surface area contributed by atoms with E-state index in [-0.39, 0.29) is 19.0 Å². The fraction of sp³-hybridized carbons (Fsp3) is 0.227. The molecule has 0 saturated heterocycles. The number of esters is 1. The highest BCUT2D eigenvalue weighted by atomic mass is 32.1. The molecule has 0 spiro atoms. The monoisotopic (exact) mass is 454 g/mol. The minimum Gasteiger partial charge on any atom is -0.463 e. The molecule has 0 amide bonds. The summed E-state index contributed by atoms with van der Waals surface area (Å²) in [5.74, 6) is 0.724. The molecule has 5 rings (SSSR count). The topological polar surface area (TPSA) is 79.1 Å². The highest BCUT2D eigenvalue weighted by Crippen LogP contribution is 2.38. The summed E-state index contributed by atoms with van der Waals surface area (Å²) < 4.78 is 18.4. The van der Waals surface area contributed by atoms with Crippen LogP contribution in [0.15, 0.2) is 56.8 Å². The maximum Gasteiger partial charge on any atom is 0.338 e. The van der Waals surface area contributed by atoms with Crippen LogP contribution in [-0.4, -0.2) is 23.9 Å². The number of allylic oxidation sites excluding steroid dienone is 1. The van der Waals surface area contributed by atoms with Gasteiger partial charge in [-0.15, -0.1) is 11.3 Å². The number of rotatable bonds is 4. The third-order valence-electron chi connectivity index (χ3n) is 5.05. The number of carbonyl (C=O) groups is 1. The van der Waals surface area contributed by atoms with Crippen LogP contribution in [0.1, 0.15) is 30.3 Å². The zero-order valence-electron chi connectivity index (χ0n) is 16.8. The minimum atomic E-state index is -0.671. The van der Waals surface area contributed by atoms with Crippen LogP contribution >= 0.6 is 22.7 Å². The summed E-state index contributed by atoms with van der Waals surface area (Å²) in [6.07, 6.45) is 1.86. The van der Waals surface area contributed by atoms with Gasteiger partial charge in [-0.05, 0) is 49.1 Å². The molecule has 9 heteroatoms. The van der Waals surface area contributed by atoms with E-state index >= 15 is 0 Å². The second kappa shape index (κ2) is 7.82. The summed E-state index contributed by atoms with van der Waals surface area (Å²) in [6.45, 7) is 3.89. The van der Waals surface area contributed by atoms with Crippen LogP contribution in [0.25, 0.3) is 6.08 Å². The molecular weight excluding hydrogens is 436 g/mol. The lowest BCUT2D eigenvalue weighted by atomic mass is 9.95. The van der Waals surface area contributed by atoms with Crippen molar-refractivity contribution in [1.29, 1.82) is 0 Å². The first-order valence-corrected chi connectivity index (χ1v) is 11.4. The van der Waals surface area contributed by atoms with Gasteiger partial charge in [0.15, 0.2) is 16.3 Å². The Labute approximate surface area is 185 Å². The van der Waals surface area contributed by atoms with Gasteiger partial charge in [-0.3, -0.25) is 9.36 Å². The highest BCUT2D eigenvalue weighted by Gasteiger charge is 2.34. The second-order valence-electron chi connectivity index (χ2n) is 6.93. The van der Waals surface area contributed by atoms with Gasteiger partial charge in [-0.1, -0.05) is 23.5 Å². The lowest BCUT2D eigenvalue weighted by Gasteiger charge is -2.24. The lowest BCUT2D eigenvalue weighted by molar-refractivity contribution is -0.139. The maximum absolute atomic E-state index is 13.4. The molecule has 2 aliphatic rings. The number of thiazole rings is 1. The van der Waals surface area contributed by atoms with Crippen LogP contribution in [0.2, 0.25) is 0 Å². The van der Waals surface area contributed by atoms with E-state index in [1.54, 1.807) is 41.9 Å². The first-order chi connectivity index (χ1) is 15.1. The summed E-state index contributed by atoms with van der Waals surface area (Å²) in [7, 11) is 0. The summed E-state index contributed by atoms with van der Waals surface area (Å²) >= 11 is 2.86. The van der Waals surface area contributed by atoms with Crippen molar-refractivity contribution in [3.05, 3.63) is 77.1 Å². The number of aromatic nitrogens is 1. The van der Waals surface area contributed by atoms with Crippen molar-refractivity contribution < 1.29 is 19.0 Å². The SMILES string of the molecule is CCOC(=O)C1=C(C)N=c2sc(=Cc3cccs3)c(=O)n2C1c1ccc2c(c1)OCO2. The van der Waals surface area contributed by atoms with E-state index in [4.69, 9.17) is 14.2 Å². The molecule has 0 bridgehead atoms. The number of hydrogen-bond donors (Lipinski definition) is 0. The van der Waals surface area contributed by atoms with Crippen molar-refractivity contribution in [2.75, 3.05) is 13.4 Å². The smallest absolute Gasteiger partial charge is 0.338 e. The molecule has 0 aliphatic carbocycles. The summed E-state index contributed by atoms with van der Waals surface area (Å²) in [5.41, 5.74) is 1.40. The van der Waals surface area contributed by atoms with Gasteiger partial charge in [0.1, 0.15) is 0 Å². The van der Waals surface area contributed by atoms with Gasteiger partial charge in [0.25, 0.3) is 5.56 Å². The van der Waals surface area contributed by atoms with Crippen LogP contribution in [0.5, 0.6) is 11.5 Å². The second-order valence-corrected chi connectivity index (χ2v) is 8.92. The molecule has 0 saturated carbocycles. The van der Waals surface area contributed by atoms with Crippen LogP contribution < -0.4 is 24.4 Å². The summed E-state index contributed by atoms with van der Waals surface area (Å²) in [4.78, 5) is 32.4. The van der Waals surface area contributed by atoms with Crippen molar-refractivity contribution in [2.24, 2.45) is 4.99 Å². The van der Waals surface area contributed by atoms with E-state index in [0.717, 1.165) is 10.4 Å². The van der Waals surface area contributed by atoms with Crippen LogP contribution in [0.3, 0.4) is 0 Å². The summed E-state index contributed by atoms with van der Waals surface area (Å²) in [6, 6.07) is 8.65. The van der Waals surface area contributed by atoms with Crippen LogP contribution in [-0.2, 0) is 9.53 Å². The Morgan fingerprint density at radius 2 is 2.16 bits per heavy atom. The van der Waals surface area contributed by atoms with Crippen molar-refractivity contribution in [3.8, 4) is 11.5 Å². The minimum absolute atomic E-state index is 0.141. The van der Waals surface area contributed by atoms with Gasteiger partial charge in [-0.25, -0.2) is 9.79 Å². The van der Waals surface area contributed by atoms with Gasteiger partial charge >= 0.3 is 5.97 Å². The Kier molecular flexibility index (Phi) is 4.99.